The van der Waals surface area contributed by atoms with E-state index < -0.39 is 15.8 Å². The minimum Gasteiger partial charge on any atom is -0.326 e. The average Bonchev–Trinajstić information content (AvgIpc) is 2.92. The highest BCUT2D eigenvalue weighted by atomic mass is 79.9. The summed E-state index contributed by atoms with van der Waals surface area (Å²) in [7, 11) is -3.04. The molecule has 0 bridgehead atoms. The summed E-state index contributed by atoms with van der Waals surface area (Å²) in [6, 6.07) is 15.6. The minimum absolute atomic E-state index is 0.0453. The van der Waals surface area contributed by atoms with E-state index >= 15 is 0 Å². The summed E-state index contributed by atoms with van der Waals surface area (Å²) in [5.74, 6) is -0.597. The number of anilines is 1. The Labute approximate surface area is 154 Å². The van der Waals surface area contributed by atoms with Crippen molar-refractivity contribution in [3.8, 4) is 0 Å². The van der Waals surface area contributed by atoms with Crippen LogP contribution in [0.15, 0.2) is 62.8 Å². The van der Waals surface area contributed by atoms with Gasteiger partial charge >= 0.3 is 0 Å². The summed E-state index contributed by atoms with van der Waals surface area (Å²) in [5, 5.41) is 2.80. The first-order valence-corrected chi connectivity index (χ1v) is 10.9. The van der Waals surface area contributed by atoms with Crippen LogP contribution in [0.2, 0.25) is 0 Å². The van der Waals surface area contributed by atoms with Crippen LogP contribution >= 0.6 is 27.7 Å². The molecule has 1 atom stereocenters. The maximum absolute atomic E-state index is 12.1. The predicted molar refractivity (Wildman–Crippen MR) is 100 cm³/mol. The SMILES string of the molecule is O=C(Nc1ccc(Sc2ccc(Br)cc2)cc1)[C@@H]1CCS(=O)(=O)C1. The Morgan fingerprint density at radius 1 is 1.04 bits per heavy atom. The Hall–Kier alpha value is -1.31. The molecular formula is C17H16BrNO3S2. The molecule has 0 aromatic heterocycles. The number of sulfone groups is 1. The van der Waals surface area contributed by atoms with Crippen molar-refractivity contribution in [3.63, 3.8) is 0 Å². The van der Waals surface area contributed by atoms with Gasteiger partial charge in [0.2, 0.25) is 5.91 Å². The lowest BCUT2D eigenvalue weighted by Gasteiger charge is -2.10. The highest BCUT2D eigenvalue weighted by molar-refractivity contribution is 9.10. The Morgan fingerprint density at radius 3 is 2.17 bits per heavy atom. The fourth-order valence-corrected chi connectivity index (χ4v) is 5.31. The number of amides is 1. The van der Waals surface area contributed by atoms with Gasteiger partial charge in [0.05, 0.1) is 17.4 Å². The zero-order chi connectivity index (χ0) is 17.2. The standard InChI is InChI=1S/C17H16BrNO3S2/c18-13-1-5-15(6-2-13)23-16-7-3-14(4-8-16)19-17(20)12-9-10-24(21,22)11-12/h1-8,12H,9-11H2,(H,19,20)/t12-/m1/s1. The van der Waals surface area contributed by atoms with Crippen LogP contribution in [0.5, 0.6) is 0 Å². The van der Waals surface area contributed by atoms with Crippen molar-refractivity contribution in [3.05, 3.63) is 53.0 Å². The van der Waals surface area contributed by atoms with E-state index in [4.69, 9.17) is 0 Å². The molecule has 2 aromatic rings. The Balaban J connectivity index is 1.60. The lowest BCUT2D eigenvalue weighted by molar-refractivity contribution is -0.119. The Bertz CT molecular complexity index is 833. The van der Waals surface area contributed by atoms with Gasteiger partial charge in [0.25, 0.3) is 0 Å². The molecule has 0 spiro atoms. The maximum atomic E-state index is 12.1. The van der Waals surface area contributed by atoms with Crippen molar-refractivity contribution in [2.24, 2.45) is 5.92 Å². The van der Waals surface area contributed by atoms with Gasteiger partial charge in [-0.1, -0.05) is 27.7 Å². The summed E-state index contributed by atoms with van der Waals surface area (Å²) in [6.45, 7) is 0. The average molecular weight is 426 g/mol. The summed E-state index contributed by atoms with van der Waals surface area (Å²) in [6.07, 6.45) is 0.408. The molecule has 1 aliphatic heterocycles. The predicted octanol–water partition coefficient (Wildman–Crippen LogP) is 3.97. The van der Waals surface area contributed by atoms with E-state index in [9.17, 15) is 13.2 Å². The van der Waals surface area contributed by atoms with Gasteiger partial charge in [-0.05, 0) is 55.0 Å². The fraction of sp³-hybridized carbons (Fsp3) is 0.235. The molecular weight excluding hydrogens is 410 g/mol. The summed E-state index contributed by atoms with van der Waals surface area (Å²) in [5.41, 5.74) is 0.685. The molecule has 3 rings (SSSR count). The third-order valence-corrected chi connectivity index (χ3v) is 7.09. The highest BCUT2D eigenvalue weighted by Crippen LogP contribution is 2.29. The number of carbonyl (C=O) groups is 1. The molecule has 1 N–H and O–H groups in total. The monoisotopic (exact) mass is 425 g/mol. The number of nitrogens with one attached hydrogen (secondary N) is 1. The van der Waals surface area contributed by atoms with E-state index in [0.29, 0.717) is 12.1 Å². The van der Waals surface area contributed by atoms with Crippen molar-refractivity contribution >= 4 is 49.1 Å². The smallest absolute Gasteiger partial charge is 0.228 e. The third kappa shape index (κ3) is 4.62. The normalized spacial score (nSPS) is 19.1. The van der Waals surface area contributed by atoms with Crippen molar-refractivity contribution in [1.29, 1.82) is 0 Å². The van der Waals surface area contributed by atoms with Crippen molar-refractivity contribution in [1.82, 2.24) is 0 Å². The molecule has 0 aliphatic carbocycles. The van der Waals surface area contributed by atoms with E-state index in [1.54, 1.807) is 11.8 Å². The van der Waals surface area contributed by atoms with Gasteiger partial charge < -0.3 is 5.32 Å². The molecule has 4 nitrogen and oxygen atoms in total. The molecule has 0 unspecified atom stereocenters. The molecule has 1 saturated heterocycles. The maximum Gasteiger partial charge on any atom is 0.228 e. The van der Waals surface area contributed by atoms with Crippen molar-refractivity contribution in [2.45, 2.75) is 16.2 Å². The van der Waals surface area contributed by atoms with Crippen LogP contribution in [0, 0.1) is 5.92 Å². The van der Waals surface area contributed by atoms with E-state index in [-0.39, 0.29) is 17.4 Å². The van der Waals surface area contributed by atoms with Gasteiger partial charge in [-0.15, -0.1) is 0 Å². The van der Waals surface area contributed by atoms with Crippen LogP contribution in [0.3, 0.4) is 0 Å². The molecule has 126 valence electrons. The molecule has 1 amide bonds. The molecule has 0 radical (unpaired) electrons. The van der Waals surface area contributed by atoms with Gasteiger partial charge in [-0.3, -0.25) is 4.79 Å². The van der Waals surface area contributed by atoms with E-state index in [2.05, 4.69) is 21.2 Å². The lowest BCUT2D eigenvalue weighted by atomic mass is 10.1. The Morgan fingerprint density at radius 2 is 1.62 bits per heavy atom. The van der Waals surface area contributed by atoms with Crippen LogP contribution in [-0.4, -0.2) is 25.8 Å². The summed E-state index contributed by atoms with van der Waals surface area (Å²) >= 11 is 5.05. The van der Waals surface area contributed by atoms with Gasteiger partial charge in [-0.25, -0.2) is 8.42 Å². The molecule has 2 aromatic carbocycles. The largest absolute Gasteiger partial charge is 0.326 e. The molecule has 1 heterocycles. The molecule has 24 heavy (non-hydrogen) atoms. The first-order valence-electron chi connectivity index (χ1n) is 7.46. The van der Waals surface area contributed by atoms with E-state index in [0.717, 1.165) is 14.3 Å². The summed E-state index contributed by atoms with van der Waals surface area (Å²) < 4.78 is 23.9. The van der Waals surface area contributed by atoms with Gasteiger partial charge in [-0.2, -0.15) is 0 Å². The van der Waals surface area contributed by atoms with Gasteiger partial charge in [0.15, 0.2) is 9.84 Å². The van der Waals surface area contributed by atoms with Crippen LogP contribution in [-0.2, 0) is 14.6 Å². The van der Waals surface area contributed by atoms with Gasteiger partial charge in [0, 0.05) is 20.0 Å². The van der Waals surface area contributed by atoms with E-state index in [1.165, 1.54) is 0 Å². The quantitative estimate of drug-likeness (QED) is 0.804. The van der Waals surface area contributed by atoms with Crippen LogP contribution < -0.4 is 5.32 Å². The first-order chi connectivity index (χ1) is 11.4. The lowest BCUT2D eigenvalue weighted by Crippen LogP contribution is -2.23. The molecule has 0 saturated carbocycles. The highest BCUT2D eigenvalue weighted by Gasteiger charge is 2.32. The van der Waals surface area contributed by atoms with Gasteiger partial charge in [0.1, 0.15) is 0 Å². The first kappa shape index (κ1) is 17.5. The van der Waals surface area contributed by atoms with Crippen molar-refractivity contribution < 1.29 is 13.2 Å². The fourth-order valence-electron chi connectivity index (χ4n) is 2.49. The minimum atomic E-state index is -3.04. The number of hydrogen-bond acceptors (Lipinski definition) is 4. The summed E-state index contributed by atoms with van der Waals surface area (Å²) in [4.78, 5) is 14.3. The number of halogens is 1. The molecule has 7 heteroatoms. The Kier molecular flexibility index (Phi) is 5.32. The number of benzene rings is 2. The number of hydrogen-bond donors (Lipinski definition) is 1. The number of rotatable bonds is 4. The molecule has 1 fully saturated rings. The molecule has 1 aliphatic rings. The second kappa shape index (κ2) is 7.29. The number of carbonyl (C=O) groups excluding carboxylic acids is 1. The third-order valence-electron chi connectivity index (χ3n) is 3.77. The van der Waals surface area contributed by atoms with E-state index in [1.807, 2.05) is 48.5 Å². The zero-order valence-corrected chi connectivity index (χ0v) is 16.0. The topological polar surface area (TPSA) is 63.2 Å². The second-order valence-corrected chi connectivity index (χ2v) is 9.96. The van der Waals surface area contributed by atoms with Crippen LogP contribution in [0.1, 0.15) is 6.42 Å². The van der Waals surface area contributed by atoms with Crippen LogP contribution in [0.25, 0.3) is 0 Å². The van der Waals surface area contributed by atoms with Crippen molar-refractivity contribution in [2.75, 3.05) is 16.8 Å². The second-order valence-electron chi connectivity index (χ2n) is 5.67. The zero-order valence-electron chi connectivity index (χ0n) is 12.7. The van der Waals surface area contributed by atoms with Crippen LogP contribution in [0.4, 0.5) is 5.69 Å².